The van der Waals surface area contributed by atoms with Gasteiger partial charge in [-0.05, 0) is 18.8 Å². The van der Waals surface area contributed by atoms with E-state index in [2.05, 4.69) is 10.6 Å². The lowest BCUT2D eigenvalue weighted by molar-refractivity contribution is -0.145. The molecule has 0 aromatic carbocycles. The maximum absolute atomic E-state index is 12.4. The van der Waals surface area contributed by atoms with Crippen molar-refractivity contribution in [3.05, 3.63) is 0 Å². The number of rotatable bonds is 9. The molecular formula is C16H27N5O6. The SMILES string of the molecule is CC(C)C(NC(=O)C1CCCN1C(=O)CNC(=O)C(N)CC(N)=O)C(=O)O. The van der Waals surface area contributed by atoms with Crippen molar-refractivity contribution >= 4 is 29.6 Å². The summed E-state index contributed by atoms with van der Waals surface area (Å²) in [7, 11) is 0. The van der Waals surface area contributed by atoms with Crippen LogP contribution in [0.15, 0.2) is 0 Å². The van der Waals surface area contributed by atoms with Gasteiger partial charge in [0.1, 0.15) is 12.1 Å². The Labute approximate surface area is 156 Å². The number of carboxylic acids is 1. The molecule has 0 aromatic heterocycles. The van der Waals surface area contributed by atoms with Gasteiger partial charge in [-0.25, -0.2) is 4.79 Å². The Morgan fingerprint density at radius 3 is 2.37 bits per heavy atom. The maximum Gasteiger partial charge on any atom is 0.326 e. The highest BCUT2D eigenvalue weighted by Crippen LogP contribution is 2.18. The molecule has 7 N–H and O–H groups in total. The van der Waals surface area contributed by atoms with Crippen molar-refractivity contribution in [3.63, 3.8) is 0 Å². The molecule has 3 atom stereocenters. The molecule has 1 rings (SSSR count). The number of hydrogen-bond donors (Lipinski definition) is 5. The molecule has 0 aromatic rings. The average Bonchev–Trinajstić information content (AvgIpc) is 3.05. The Bertz CT molecular complexity index is 608. The number of nitrogens with two attached hydrogens (primary N) is 2. The number of carbonyl (C=O) groups is 5. The van der Waals surface area contributed by atoms with Gasteiger partial charge in [0.05, 0.1) is 19.0 Å². The van der Waals surface area contributed by atoms with E-state index in [9.17, 15) is 29.1 Å². The molecular weight excluding hydrogens is 358 g/mol. The third-order valence-electron chi connectivity index (χ3n) is 4.28. The summed E-state index contributed by atoms with van der Waals surface area (Å²) in [5, 5.41) is 14.0. The van der Waals surface area contributed by atoms with Crippen LogP contribution < -0.4 is 22.1 Å². The van der Waals surface area contributed by atoms with Gasteiger partial charge in [-0.1, -0.05) is 13.8 Å². The van der Waals surface area contributed by atoms with E-state index in [-0.39, 0.29) is 18.9 Å². The molecule has 4 amide bonds. The highest BCUT2D eigenvalue weighted by Gasteiger charge is 2.36. The molecule has 1 aliphatic heterocycles. The predicted molar refractivity (Wildman–Crippen MR) is 93.9 cm³/mol. The van der Waals surface area contributed by atoms with Gasteiger partial charge in [0.2, 0.25) is 23.6 Å². The van der Waals surface area contributed by atoms with Gasteiger partial charge < -0.3 is 32.1 Å². The van der Waals surface area contributed by atoms with Crippen LogP contribution in [0.25, 0.3) is 0 Å². The summed E-state index contributed by atoms with van der Waals surface area (Å²) in [5.74, 6) is -3.94. The minimum absolute atomic E-state index is 0.317. The Morgan fingerprint density at radius 1 is 1.22 bits per heavy atom. The van der Waals surface area contributed by atoms with E-state index in [0.29, 0.717) is 19.4 Å². The fourth-order valence-electron chi connectivity index (χ4n) is 2.81. The molecule has 0 radical (unpaired) electrons. The Morgan fingerprint density at radius 2 is 1.85 bits per heavy atom. The monoisotopic (exact) mass is 385 g/mol. The Balaban J connectivity index is 2.64. The number of hydrogen-bond acceptors (Lipinski definition) is 6. The number of nitrogens with zero attached hydrogens (tertiary/aromatic N) is 1. The van der Waals surface area contributed by atoms with Crippen molar-refractivity contribution in [2.45, 2.75) is 51.2 Å². The lowest BCUT2D eigenvalue weighted by atomic mass is 10.0. The zero-order valence-corrected chi connectivity index (χ0v) is 15.4. The van der Waals surface area contributed by atoms with Crippen LogP contribution in [0, 0.1) is 5.92 Å². The van der Waals surface area contributed by atoms with Gasteiger partial charge in [0, 0.05) is 6.54 Å². The number of primary amides is 1. The number of carboxylic acid groups (broad SMARTS) is 1. The molecule has 1 heterocycles. The summed E-state index contributed by atoms with van der Waals surface area (Å²) in [5.41, 5.74) is 10.4. The summed E-state index contributed by atoms with van der Waals surface area (Å²) in [6, 6.07) is -3.01. The van der Waals surface area contributed by atoms with Crippen molar-refractivity contribution in [1.29, 1.82) is 0 Å². The largest absolute Gasteiger partial charge is 0.480 e. The highest BCUT2D eigenvalue weighted by atomic mass is 16.4. The van der Waals surface area contributed by atoms with Crippen molar-refractivity contribution in [3.8, 4) is 0 Å². The molecule has 1 aliphatic rings. The van der Waals surface area contributed by atoms with E-state index < -0.39 is 47.7 Å². The fraction of sp³-hybridized carbons (Fsp3) is 0.688. The number of likely N-dealkylation sites (tertiary alicyclic amines) is 1. The second-order valence-corrected chi connectivity index (χ2v) is 6.81. The second-order valence-electron chi connectivity index (χ2n) is 6.81. The van der Waals surface area contributed by atoms with E-state index in [1.165, 1.54) is 4.90 Å². The normalized spacial score (nSPS) is 18.7. The Kier molecular flexibility index (Phi) is 8.16. The molecule has 0 aliphatic carbocycles. The van der Waals surface area contributed by atoms with E-state index in [4.69, 9.17) is 11.5 Å². The summed E-state index contributed by atoms with van der Waals surface area (Å²) in [4.78, 5) is 59.8. The second kappa shape index (κ2) is 9.86. The number of nitrogens with one attached hydrogen (secondary N) is 2. The van der Waals surface area contributed by atoms with E-state index in [0.717, 1.165) is 0 Å². The lowest BCUT2D eigenvalue weighted by Gasteiger charge is -2.26. The molecule has 152 valence electrons. The van der Waals surface area contributed by atoms with Crippen molar-refractivity contribution < 1.29 is 29.1 Å². The molecule has 0 spiro atoms. The van der Waals surface area contributed by atoms with Crippen molar-refractivity contribution in [2.24, 2.45) is 17.4 Å². The van der Waals surface area contributed by atoms with E-state index in [1.54, 1.807) is 13.8 Å². The summed E-state index contributed by atoms with van der Waals surface area (Å²) in [6.45, 7) is 3.27. The maximum atomic E-state index is 12.4. The minimum Gasteiger partial charge on any atom is -0.480 e. The topological polar surface area (TPSA) is 185 Å². The van der Waals surface area contributed by atoms with Crippen molar-refractivity contribution in [1.82, 2.24) is 15.5 Å². The molecule has 1 fully saturated rings. The van der Waals surface area contributed by atoms with Crippen LogP contribution in [0.2, 0.25) is 0 Å². The van der Waals surface area contributed by atoms with Gasteiger partial charge in [-0.3, -0.25) is 19.2 Å². The zero-order valence-electron chi connectivity index (χ0n) is 15.4. The molecule has 1 saturated heterocycles. The van der Waals surface area contributed by atoms with Crippen LogP contribution in [0.1, 0.15) is 33.1 Å². The summed E-state index contributed by atoms with van der Waals surface area (Å²) < 4.78 is 0. The van der Waals surface area contributed by atoms with Crippen LogP contribution in [0.3, 0.4) is 0 Å². The first-order valence-corrected chi connectivity index (χ1v) is 8.68. The lowest BCUT2D eigenvalue weighted by Crippen LogP contribution is -2.54. The van der Waals surface area contributed by atoms with Gasteiger partial charge in [0.15, 0.2) is 0 Å². The quantitative estimate of drug-likeness (QED) is 0.291. The van der Waals surface area contributed by atoms with Gasteiger partial charge in [-0.2, -0.15) is 0 Å². The minimum atomic E-state index is -1.16. The molecule has 27 heavy (non-hydrogen) atoms. The van der Waals surface area contributed by atoms with Gasteiger partial charge >= 0.3 is 5.97 Å². The average molecular weight is 385 g/mol. The van der Waals surface area contributed by atoms with Gasteiger partial charge in [0.25, 0.3) is 0 Å². The van der Waals surface area contributed by atoms with Crippen molar-refractivity contribution in [2.75, 3.05) is 13.1 Å². The molecule has 3 unspecified atom stereocenters. The molecule has 0 saturated carbocycles. The summed E-state index contributed by atoms with van der Waals surface area (Å²) >= 11 is 0. The van der Waals surface area contributed by atoms with Crippen LogP contribution in [0.4, 0.5) is 0 Å². The third-order valence-corrected chi connectivity index (χ3v) is 4.28. The zero-order chi connectivity index (χ0) is 20.7. The van der Waals surface area contributed by atoms with Crippen LogP contribution in [0.5, 0.6) is 0 Å². The Hall–Kier alpha value is -2.69. The third kappa shape index (κ3) is 6.51. The number of aliphatic carboxylic acids is 1. The first-order valence-electron chi connectivity index (χ1n) is 8.68. The number of amides is 4. The molecule has 0 bridgehead atoms. The van der Waals surface area contributed by atoms with Crippen LogP contribution in [-0.4, -0.2) is 70.8 Å². The van der Waals surface area contributed by atoms with E-state index >= 15 is 0 Å². The smallest absolute Gasteiger partial charge is 0.326 e. The molecule has 11 nitrogen and oxygen atoms in total. The standard InChI is InChI=1S/C16H27N5O6/c1-8(2)13(16(26)27)20-15(25)10-4-3-5-21(10)12(23)7-19-14(24)9(17)6-11(18)22/h8-10,13H,3-7,17H2,1-2H3,(H2,18,22)(H,19,24)(H,20,25)(H,26,27). The predicted octanol–water partition coefficient (Wildman–Crippen LogP) is -2.48. The van der Waals surface area contributed by atoms with E-state index in [1.807, 2.05) is 0 Å². The highest BCUT2D eigenvalue weighted by molar-refractivity contribution is 5.93. The van der Waals surface area contributed by atoms with Gasteiger partial charge in [-0.15, -0.1) is 0 Å². The van der Waals surface area contributed by atoms with Crippen LogP contribution >= 0.6 is 0 Å². The number of carbonyl (C=O) groups excluding carboxylic acids is 4. The molecule has 11 heteroatoms. The van der Waals surface area contributed by atoms with Crippen LogP contribution in [-0.2, 0) is 24.0 Å². The first-order chi connectivity index (χ1) is 12.5. The fourth-order valence-corrected chi connectivity index (χ4v) is 2.81. The first kappa shape index (κ1) is 22.4. The summed E-state index contributed by atoms with van der Waals surface area (Å²) in [6.07, 6.45) is 0.635.